The molecule has 5 heteroatoms. The number of H-pyrrole nitrogens is 1. The van der Waals surface area contributed by atoms with Gasteiger partial charge in [-0.3, -0.25) is 4.79 Å². The van der Waals surface area contributed by atoms with Gasteiger partial charge >= 0.3 is 0 Å². The van der Waals surface area contributed by atoms with Crippen molar-refractivity contribution in [1.82, 2.24) is 15.1 Å². The van der Waals surface area contributed by atoms with Gasteiger partial charge in [0.25, 0.3) is 11.3 Å². The van der Waals surface area contributed by atoms with Crippen molar-refractivity contribution in [1.29, 1.82) is 0 Å². The van der Waals surface area contributed by atoms with Gasteiger partial charge in [0.15, 0.2) is 0 Å². The molecule has 0 saturated heterocycles. The number of nitrogens with one attached hydrogen (secondary N) is 1. The van der Waals surface area contributed by atoms with Gasteiger partial charge in [-0.25, -0.2) is 0 Å². The summed E-state index contributed by atoms with van der Waals surface area (Å²) in [6, 6.07) is 0. The van der Waals surface area contributed by atoms with Crippen molar-refractivity contribution in [2.24, 2.45) is 0 Å². The van der Waals surface area contributed by atoms with Gasteiger partial charge in [-0.2, -0.15) is 4.98 Å². The minimum absolute atomic E-state index is 0.173. The average molecular weight is 221 g/mol. The first kappa shape index (κ1) is 10.9. The van der Waals surface area contributed by atoms with Crippen LogP contribution in [0.5, 0.6) is 0 Å². The zero-order valence-corrected chi connectivity index (χ0v) is 9.92. The van der Waals surface area contributed by atoms with Crippen LogP contribution >= 0.6 is 0 Å². The van der Waals surface area contributed by atoms with Crippen LogP contribution in [-0.4, -0.2) is 15.1 Å². The molecule has 2 heterocycles. The van der Waals surface area contributed by atoms with Crippen LogP contribution in [0.25, 0.3) is 11.1 Å². The molecule has 0 bridgehead atoms. The lowest BCUT2D eigenvalue weighted by atomic mass is 9.91. The van der Waals surface area contributed by atoms with Gasteiger partial charge in [-0.15, -0.1) is 0 Å². The van der Waals surface area contributed by atoms with Crippen LogP contribution in [0.4, 0.5) is 0 Å². The molecule has 0 saturated carbocycles. The highest BCUT2D eigenvalue weighted by atomic mass is 16.5. The van der Waals surface area contributed by atoms with Crippen molar-refractivity contribution in [3.63, 3.8) is 0 Å². The van der Waals surface area contributed by atoms with Gasteiger partial charge in [0.1, 0.15) is 16.9 Å². The molecule has 0 amide bonds. The number of fused-ring (bicyclic) bond motifs is 1. The van der Waals surface area contributed by atoms with Crippen LogP contribution in [0.3, 0.4) is 0 Å². The minimum Gasteiger partial charge on any atom is -0.335 e. The van der Waals surface area contributed by atoms with E-state index in [0.29, 0.717) is 29.0 Å². The van der Waals surface area contributed by atoms with Gasteiger partial charge in [-0.05, 0) is 0 Å². The van der Waals surface area contributed by atoms with Crippen LogP contribution in [0.1, 0.15) is 39.2 Å². The van der Waals surface area contributed by atoms with Gasteiger partial charge in [0.05, 0.1) is 0 Å². The molecule has 16 heavy (non-hydrogen) atoms. The van der Waals surface area contributed by atoms with E-state index in [0.717, 1.165) is 0 Å². The Hall–Kier alpha value is -1.65. The van der Waals surface area contributed by atoms with E-state index in [9.17, 15) is 4.79 Å². The molecule has 0 aliphatic heterocycles. The second kappa shape index (κ2) is 3.43. The highest BCUT2D eigenvalue weighted by Gasteiger charge is 2.24. The molecule has 1 N–H and O–H groups in total. The SMILES string of the molecule is CCc1nc2onc(C(C)(C)C)c2c(=O)[nH]1. The molecule has 86 valence electrons. The number of aryl methyl sites for hydroxylation is 1. The van der Waals surface area contributed by atoms with Crippen molar-refractivity contribution in [2.75, 3.05) is 0 Å². The fourth-order valence-electron chi connectivity index (χ4n) is 1.59. The zero-order chi connectivity index (χ0) is 11.9. The first-order valence-corrected chi connectivity index (χ1v) is 5.32. The van der Waals surface area contributed by atoms with Crippen molar-refractivity contribution in [2.45, 2.75) is 39.5 Å². The fourth-order valence-corrected chi connectivity index (χ4v) is 1.59. The van der Waals surface area contributed by atoms with E-state index in [1.807, 2.05) is 27.7 Å². The van der Waals surface area contributed by atoms with Crippen LogP contribution < -0.4 is 5.56 Å². The van der Waals surface area contributed by atoms with Crippen LogP contribution in [0.15, 0.2) is 9.32 Å². The molecular weight excluding hydrogens is 206 g/mol. The third-order valence-electron chi connectivity index (χ3n) is 2.44. The Balaban J connectivity index is 2.79. The first-order valence-electron chi connectivity index (χ1n) is 5.32. The third-order valence-corrected chi connectivity index (χ3v) is 2.44. The summed E-state index contributed by atoms with van der Waals surface area (Å²) in [5.41, 5.74) is 0.575. The Morgan fingerprint density at radius 2 is 2.06 bits per heavy atom. The molecule has 2 rings (SSSR count). The fraction of sp³-hybridized carbons (Fsp3) is 0.545. The molecule has 0 atom stereocenters. The number of rotatable bonds is 1. The van der Waals surface area contributed by atoms with E-state index >= 15 is 0 Å². The van der Waals surface area contributed by atoms with Gasteiger partial charge in [0.2, 0.25) is 0 Å². The zero-order valence-electron chi connectivity index (χ0n) is 9.92. The van der Waals surface area contributed by atoms with E-state index in [1.54, 1.807) is 0 Å². The van der Waals surface area contributed by atoms with Gasteiger partial charge in [0, 0.05) is 11.8 Å². The number of nitrogens with zero attached hydrogens (tertiary/aromatic N) is 2. The van der Waals surface area contributed by atoms with Crippen LogP contribution in [0.2, 0.25) is 0 Å². The van der Waals surface area contributed by atoms with Crippen molar-refractivity contribution in [3.8, 4) is 0 Å². The van der Waals surface area contributed by atoms with E-state index in [1.165, 1.54) is 0 Å². The maximum atomic E-state index is 11.9. The summed E-state index contributed by atoms with van der Waals surface area (Å²) in [6.07, 6.45) is 0.663. The second-order valence-electron chi connectivity index (χ2n) is 4.83. The summed E-state index contributed by atoms with van der Waals surface area (Å²) >= 11 is 0. The largest absolute Gasteiger partial charge is 0.335 e. The predicted octanol–water partition coefficient (Wildman–Crippen LogP) is 1.77. The Morgan fingerprint density at radius 1 is 1.38 bits per heavy atom. The molecule has 0 spiro atoms. The van der Waals surface area contributed by atoms with E-state index in [-0.39, 0.29) is 11.0 Å². The lowest BCUT2D eigenvalue weighted by molar-refractivity contribution is 0.414. The molecule has 0 unspecified atom stereocenters. The molecule has 0 aliphatic carbocycles. The van der Waals surface area contributed by atoms with Crippen LogP contribution in [0, 0.1) is 0 Å². The summed E-state index contributed by atoms with van der Waals surface area (Å²) in [5, 5.41) is 4.41. The van der Waals surface area contributed by atoms with Crippen LogP contribution in [-0.2, 0) is 11.8 Å². The first-order chi connectivity index (χ1) is 7.43. The number of aromatic nitrogens is 3. The molecular formula is C11H15N3O2. The van der Waals surface area contributed by atoms with E-state index in [4.69, 9.17) is 4.52 Å². The molecule has 0 aliphatic rings. The monoisotopic (exact) mass is 221 g/mol. The summed E-state index contributed by atoms with van der Waals surface area (Å²) in [7, 11) is 0. The Labute approximate surface area is 92.9 Å². The summed E-state index contributed by atoms with van der Waals surface area (Å²) < 4.78 is 5.12. The molecule has 5 nitrogen and oxygen atoms in total. The highest BCUT2D eigenvalue weighted by Crippen LogP contribution is 2.25. The highest BCUT2D eigenvalue weighted by molar-refractivity contribution is 5.75. The number of hydrogen-bond acceptors (Lipinski definition) is 4. The van der Waals surface area contributed by atoms with Crippen molar-refractivity contribution in [3.05, 3.63) is 21.9 Å². The summed E-state index contributed by atoms with van der Waals surface area (Å²) in [5.74, 6) is 0.620. The smallest absolute Gasteiger partial charge is 0.265 e. The lowest BCUT2D eigenvalue weighted by Crippen LogP contribution is -2.18. The molecule has 2 aromatic rings. The average Bonchev–Trinajstić information content (AvgIpc) is 2.60. The second-order valence-corrected chi connectivity index (χ2v) is 4.83. The maximum Gasteiger partial charge on any atom is 0.265 e. The summed E-state index contributed by atoms with van der Waals surface area (Å²) in [6.45, 7) is 7.87. The lowest BCUT2D eigenvalue weighted by Gasteiger charge is -2.13. The third kappa shape index (κ3) is 1.62. The molecule has 0 radical (unpaired) electrons. The summed E-state index contributed by atoms with van der Waals surface area (Å²) in [4.78, 5) is 18.8. The Morgan fingerprint density at radius 3 is 2.62 bits per heavy atom. The molecule has 0 fully saturated rings. The normalized spacial score (nSPS) is 12.2. The van der Waals surface area contributed by atoms with E-state index < -0.39 is 0 Å². The quantitative estimate of drug-likeness (QED) is 0.796. The minimum atomic E-state index is -0.229. The van der Waals surface area contributed by atoms with Gasteiger partial charge in [-0.1, -0.05) is 32.9 Å². The molecule has 2 aromatic heterocycles. The van der Waals surface area contributed by atoms with E-state index in [2.05, 4.69) is 15.1 Å². The van der Waals surface area contributed by atoms with Gasteiger partial charge < -0.3 is 9.51 Å². The molecule has 0 aromatic carbocycles. The van der Waals surface area contributed by atoms with Crippen molar-refractivity contribution >= 4 is 11.1 Å². The number of hydrogen-bond donors (Lipinski definition) is 1. The predicted molar refractivity (Wildman–Crippen MR) is 60.5 cm³/mol. The maximum absolute atomic E-state index is 11.9. The topological polar surface area (TPSA) is 71.8 Å². The van der Waals surface area contributed by atoms with Crippen molar-refractivity contribution < 1.29 is 4.52 Å². The standard InChI is InChI=1S/C11H15N3O2/c1-5-6-12-9(15)7-8(11(2,3)4)14-16-10(7)13-6/h5H2,1-4H3,(H,12,13,15). The number of aromatic amines is 1. The Kier molecular flexibility index (Phi) is 2.33. The Bertz CT molecular complexity index is 575.